The lowest BCUT2D eigenvalue weighted by molar-refractivity contribution is -0.138. The lowest BCUT2D eigenvalue weighted by atomic mass is 10.2. The molecule has 0 N–H and O–H groups in total. The van der Waals surface area contributed by atoms with E-state index in [4.69, 9.17) is 21.2 Å². The Morgan fingerprint density at radius 3 is 1.93 bits per heavy atom. The summed E-state index contributed by atoms with van der Waals surface area (Å²) >= 11 is 0. The summed E-state index contributed by atoms with van der Waals surface area (Å²) in [4.78, 5) is 11.4. The molecule has 0 aromatic carbocycles. The molecule has 3 atom stereocenters. The lowest BCUT2D eigenvalue weighted by Crippen LogP contribution is -2.57. The van der Waals surface area contributed by atoms with Crippen LogP contribution in [0, 0.1) is 5.92 Å². The van der Waals surface area contributed by atoms with Gasteiger partial charge >= 0.3 is 23.1 Å². The van der Waals surface area contributed by atoms with Crippen LogP contribution in [0.3, 0.4) is 0 Å². The van der Waals surface area contributed by atoms with Gasteiger partial charge in [-0.05, 0) is 77.4 Å². The first kappa shape index (κ1) is 28.1. The number of rotatable bonds is 13. The SMILES string of the molecule is C=CC(=O)OCC(C)C[Si](C)(O[Si](C)(C)C)O[Si](C)(C)O[SiH](C)O[Si](C)(C)C. The van der Waals surface area contributed by atoms with Crippen LogP contribution in [0.1, 0.15) is 6.92 Å². The molecule has 0 saturated carbocycles. The summed E-state index contributed by atoms with van der Waals surface area (Å²) in [6, 6.07) is 0.742. The number of carbonyl (C=O) groups is 1. The molecule has 0 aromatic rings. The van der Waals surface area contributed by atoms with Gasteiger partial charge in [-0.3, -0.25) is 0 Å². The first-order valence-corrected chi connectivity index (χ1v) is 24.2. The molecule has 166 valence electrons. The van der Waals surface area contributed by atoms with E-state index in [2.05, 4.69) is 79.0 Å². The van der Waals surface area contributed by atoms with Crippen LogP contribution in [-0.2, 0) is 26.0 Å². The van der Waals surface area contributed by atoms with Crippen LogP contribution >= 0.6 is 0 Å². The fourth-order valence-corrected chi connectivity index (χ4v) is 23.6. The molecule has 0 amide bonds. The number of esters is 1. The normalized spacial score (nSPS) is 17.5. The number of hydrogen-bond acceptors (Lipinski definition) is 6. The lowest BCUT2D eigenvalue weighted by Gasteiger charge is -2.41. The maximum absolute atomic E-state index is 11.4. The summed E-state index contributed by atoms with van der Waals surface area (Å²) in [5.41, 5.74) is 0. The predicted molar refractivity (Wildman–Crippen MR) is 128 cm³/mol. The molecule has 0 aliphatic heterocycles. The number of ether oxygens (including phenoxy) is 1. The Hall–Kier alpha value is 0.134. The molecule has 0 aliphatic carbocycles. The largest absolute Gasteiger partial charge is 0.462 e. The first-order valence-electron chi connectivity index (χ1n) is 9.91. The second-order valence-electron chi connectivity index (χ2n) is 9.91. The van der Waals surface area contributed by atoms with Crippen molar-refractivity contribution < 1.29 is 26.0 Å². The Bertz CT molecular complexity index is 517. The average Bonchev–Trinajstić information content (AvgIpc) is 2.37. The Labute approximate surface area is 178 Å². The minimum absolute atomic E-state index is 0.134. The molecule has 0 rings (SSSR count). The van der Waals surface area contributed by atoms with E-state index in [0.717, 1.165) is 6.04 Å². The quantitative estimate of drug-likeness (QED) is 0.215. The Morgan fingerprint density at radius 2 is 1.50 bits per heavy atom. The van der Waals surface area contributed by atoms with Gasteiger partial charge in [-0.15, -0.1) is 0 Å². The van der Waals surface area contributed by atoms with Crippen LogP contribution in [0.2, 0.25) is 71.5 Å². The standard InChI is InChI=1S/C17H42O6Si5/c1-13-17(18)19-14-16(2)15-28(12,22-26(7,8)9)23-27(10,11)21-24(3)20-25(4,5)6/h13,16,24H,1,14-15H2,2-12H3. The van der Waals surface area contributed by atoms with Crippen molar-refractivity contribution in [1.82, 2.24) is 0 Å². The van der Waals surface area contributed by atoms with Crippen molar-refractivity contribution in [1.29, 1.82) is 0 Å². The summed E-state index contributed by atoms with van der Waals surface area (Å²) in [5, 5.41) is 0. The molecule has 3 unspecified atom stereocenters. The van der Waals surface area contributed by atoms with Crippen LogP contribution in [0.4, 0.5) is 0 Å². The third-order valence-electron chi connectivity index (χ3n) is 3.35. The second kappa shape index (κ2) is 11.0. The maximum Gasteiger partial charge on any atom is 0.330 e. The van der Waals surface area contributed by atoms with Gasteiger partial charge in [0.1, 0.15) is 0 Å². The fourth-order valence-electron chi connectivity index (χ4n) is 3.19. The van der Waals surface area contributed by atoms with Gasteiger partial charge in [0.05, 0.1) is 6.61 Å². The molecular formula is C17H42O6Si5. The summed E-state index contributed by atoms with van der Waals surface area (Å²) in [5.74, 6) is -0.266. The first-order chi connectivity index (χ1) is 12.4. The van der Waals surface area contributed by atoms with Crippen LogP contribution in [0.5, 0.6) is 0 Å². The molecule has 0 radical (unpaired) electrons. The van der Waals surface area contributed by atoms with Crippen molar-refractivity contribution in [2.45, 2.75) is 78.4 Å². The second-order valence-corrected chi connectivity index (χ2v) is 28.5. The molecule has 0 saturated heterocycles. The van der Waals surface area contributed by atoms with E-state index in [1.54, 1.807) is 0 Å². The van der Waals surface area contributed by atoms with Crippen LogP contribution in [0.25, 0.3) is 0 Å². The van der Waals surface area contributed by atoms with Gasteiger partial charge in [0.25, 0.3) is 9.28 Å². The van der Waals surface area contributed by atoms with Gasteiger partial charge in [-0.25, -0.2) is 4.79 Å². The van der Waals surface area contributed by atoms with E-state index in [9.17, 15) is 4.79 Å². The molecule has 0 heterocycles. The minimum Gasteiger partial charge on any atom is -0.462 e. The molecule has 28 heavy (non-hydrogen) atoms. The van der Waals surface area contributed by atoms with Crippen LogP contribution < -0.4 is 0 Å². The van der Waals surface area contributed by atoms with E-state index in [-0.39, 0.29) is 5.92 Å². The van der Waals surface area contributed by atoms with Crippen molar-refractivity contribution in [3.8, 4) is 0 Å². The Kier molecular flexibility index (Phi) is 11.0. The minimum atomic E-state index is -2.53. The molecule has 6 nitrogen and oxygen atoms in total. The van der Waals surface area contributed by atoms with Crippen molar-refractivity contribution in [2.75, 3.05) is 6.61 Å². The molecule has 0 bridgehead atoms. The van der Waals surface area contributed by atoms with E-state index < -0.39 is 49.0 Å². The number of carbonyl (C=O) groups excluding carboxylic acids is 1. The van der Waals surface area contributed by atoms with Gasteiger partial charge in [-0.2, -0.15) is 0 Å². The highest BCUT2D eigenvalue weighted by Gasteiger charge is 2.44. The summed E-state index contributed by atoms with van der Waals surface area (Å²) in [7, 11) is -10.2. The Balaban J connectivity index is 5.20. The van der Waals surface area contributed by atoms with E-state index in [1.807, 2.05) is 0 Å². The van der Waals surface area contributed by atoms with Gasteiger partial charge in [0, 0.05) is 6.08 Å². The van der Waals surface area contributed by atoms with E-state index in [0.29, 0.717) is 6.61 Å². The molecule has 0 aromatic heterocycles. The maximum atomic E-state index is 11.4. The third-order valence-corrected chi connectivity index (χ3v) is 20.4. The molecule has 0 aliphatic rings. The van der Waals surface area contributed by atoms with Crippen molar-refractivity contribution in [3.63, 3.8) is 0 Å². The molecule has 11 heteroatoms. The smallest absolute Gasteiger partial charge is 0.330 e. The molecule has 0 spiro atoms. The fraction of sp³-hybridized carbons (Fsp3) is 0.824. The van der Waals surface area contributed by atoms with Crippen molar-refractivity contribution in [3.05, 3.63) is 12.7 Å². The van der Waals surface area contributed by atoms with Gasteiger partial charge in [0.2, 0.25) is 0 Å². The highest BCUT2D eigenvalue weighted by Crippen LogP contribution is 2.28. The van der Waals surface area contributed by atoms with E-state index >= 15 is 0 Å². The summed E-state index contributed by atoms with van der Waals surface area (Å²) < 4.78 is 31.0. The third kappa shape index (κ3) is 14.2. The average molecular weight is 483 g/mol. The van der Waals surface area contributed by atoms with Crippen molar-refractivity contribution >= 4 is 49.0 Å². The summed E-state index contributed by atoms with van der Waals surface area (Å²) in [6.45, 7) is 27.2. The zero-order chi connectivity index (χ0) is 22.4. The number of hydrogen-bond donors (Lipinski definition) is 0. The van der Waals surface area contributed by atoms with Crippen molar-refractivity contribution in [2.24, 2.45) is 5.92 Å². The zero-order valence-electron chi connectivity index (χ0n) is 19.8. The van der Waals surface area contributed by atoms with Gasteiger partial charge in [0.15, 0.2) is 16.6 Å². The van der Waals surface area contributed by atoms with E-state index in [1.165, 1.54) is 6.08 Å². The zero-order valence-corrected chi connectivity index (χ0v) is 25.0. The topological polar surface area (TPSA) is 63.2 Å². The van der Waals surface area contributed by atoms with Crippen LogP contribution in [-0.4, -0.2) is 55.6 Å². The molecular weight excluding hydrogens is 441 g/mol. The predicted octanol–water partition coefficient (Wildman–Crippen LogP) is 4.71. The Morgan fingerprint density at radius 1 is 0.964 bits per heavy atom. The van der Waals surface area contributed by atoms with Crippen LogP contribution in [0.15, 0.2) is 12.7 Å². The highest BCUT2D eigenvalue weighted by atomic mass is 28.5. The van der Waals surface area contributed by atoms with Gasteiger partial charge < -0.3 is 21.2 Å². The highest BCUT2D eigenvalue weighted by molar-refractivity contribution is 6.88. The molecule has 0 fully saturated rings. The monoisotopic (exact) mass is 482 g/mol. The summed E-state index contributed by atoms with van der Waals surface area (Å²) in [6.07, 6.45) is 1.19. The van der Waals surface area contributed by atoms with Gasteiger partial charge in [-0.1, -0.05) is 13.5 Å².